The number of rotatable bonds is 4. The zero-order valence-electron chi connectivity index (χ0n) is 11.4. The highest BCUT2D eigenvalue weighted by molar-refractivity contribution is 5.94. The molecule has 2 aromatic rings. The normalized spacial score (nSPS) is 17.8. The summed E-state index contributed by atoms with van der Waals surface area (Å²) >= 11 is 0. The number of aromatic amines is 2. The van der Waals surface area contributed by atoms with E-state index < -0.39 is 0 Å². The summed E-state index contributed by atoms with van der Waals surface area (Å²) in [6, 6.07) is 1.61. The summed E-state index contributed by atoms with van der Waals surface area (Å²) in [5, 5.41) is 13.0. The molecule has 20 heavy (non-hydrogen) atoms. The number of hydrogen-bond donors (Lipinski definition) is 4. The number of nitrogens with zero attached hydrogens (tertiary/aromatic N) is 2. The van der Waals surface area contributed by atoms with Crippen LogP contribution in [0.1, 0.15) is 30.4 Å². The standard InChI is InChI=1S/C13H18N6O/c1-2-3-8-4-12(19-18-8)17-13(20)10-5-9-11(6-14-10)16-7-15-9/h4,7,10,14H,2-3,5-6H2,1H3,(H,15,16)(H2,17,18,19,20). The molecule has 0 saturated heterocycles. The van der Waals surface area contributed by atoms with E-state index in [1.165, 1.54) is 0 Å². The highest BCUT2D eigenvalue weighted by Gasteiger charge is 2.26. The number of nitrogens with one attached hydrogen (secondary N) is 4. The van der Waals surface area contributed by atoms with Gasteiger partial charge in [0, 0.05) is 24.7 Å². The van der Waals surface area contributed by atoms with Crippen LogP contribution in [0.3, 0.4) is 0 Å². The second-order valence-electron chi connectivity index (χ2n) is 4.98. The Labute approximate surface area is 116 Å². The van der Waals surface area contributed by atoms with Gasteiger partial charge in [0.05, 0.1) is 23.8 Å². The van der Waals surface area contributed by atoms with Crippen molar-refractivity contribution in [2.45, 2.75) is 38.8 Å². The molecule has 1 atom stereocenters. The van der Waals surface area contributed by atoms with Gasteiger partial charge in [0.2, 0.25) is 5.91 Å². The molecule has 0 aliphatic carbocycles. The molecule has 7 nitrogen and oxygen atoms in total. The lowest BCUT2D eigenvalue weighted by atomic mass is 10.0. The first-order valence-electron chi connectivity index (χ1n) is 6.86. The van der Waals surface area contributed by atoms with E-state index in [2.05, 4.69) is 37.7 Å². The number of aromatic nitrogens is 4. The molecule has 1 unspecified atom stereocenters. The number of aryl methyl sites for hydroxylation is 1. The van der Waals surface area contributed by atoms with Gasteiger partial charge in [-0.2, -0.15) is 5.10 Å². The fourth-order valence-electron chi connectivity index (χ4n) is 2.39. The first-order valence-corrected chi connectivity index (χ1v) is 6.86. The average Bonchev–Trinajstić information content (AvgIpc) is 3.07. The lowest BCUT2D eigenvalue weighted by molar-refractivity contribution is -0.118. The Balaban J connectivity index is 1.62. The summed E-state index contributed by atoms with van der Waals surface area (Å²) in [7, 11) is 0. The third-order valence-electron chi connectivity index (χ3n) is 3.45. The molecule has 0 aromatic carbocycles. The van der Waals surface area contributed by atoms with Crippen LogP contribution >= 0.6 is 0 Å². The van der Waals surface area contributed by atoms with Gasteiger partial charge in [-0.1, -0.05) is 13.3 Å². The van der Waals surface area contributed by atoms with Crippen LogP contribution in [-0.2, 0) is 24.2 Å². The number of fused-ring (bicyclic) bond motifs is 1. The number of anilines is 1. The maximum atomic E-state index is 12.2. The van der Waals surface area contributed by atoms with Gasteiger partial charge in [-0.3, -0.25) is 15.2 Å². The molecule has 1 aliphatic rings. The quantitative estimate of drug-likeness (QED) is 0.661. The predicted octanol–water partition coefficient (Wildman–Crippen LogP) is 0.738. The monoisotopic (exact) mass is 274 g/mol. The van der Waals surface area contributed by atoms with Crippen LogP contribution in [0.15, 0.2) is 12.4 Å². The SMILES string of the molecule is CCCc1cc(NC(=O)C2Cc3nc[nH]c3CN2)n[nH]1. The van der Waals surface area contributed by atoms with E-state index in [9.17, 15) is 4.79 Å². The van der Waals surface area contributed by atoms with Crippen molar-refractivity contribution in [1.82, 2.24) is 25.5 Å². The molecule has 1 amide bonds. The third kappa shape index (κ3) is 2.57. The number of carbonyl (C=O) groups is 1. The average molecular weight is 274 g/mol. The summed E-state index contributed by atoms with van der Waals surface area (Å²) in [4.78, 5) is 19.5. The Morgan fingerprint density at radius 2 is 2.45 bits per heavy atom. The van der Waals surface area contributed by atoms with Gasteiger partial charge >= 0.3 is 0 Å². The van der Waals surface area contributed by atoms with Gasteiger partial charge in [-0.25, -0.2) is 4.98 Å². The van der Waals surface area contributed by atoms with Crippen LogP contribution in [0.25, 0.3) is 0 Å². The maximum absolute atomic E-state index is 12.2. The fraction of sp³-hybridized carbons (Fsp3) is 0.462. The van der Waals surface area contributed by atoms with Gasteiger partial charge < -0.3 is 10.3 Å². The summed E-state index contributed by atoms with van der Waals surface area (Å²) in [6.45, 7) is 2.74. The topological polar surface area (TPSA) is 98.5 Å². The van der Waals surface area contributed by atoms with E-state index in [0.717, 1.165) is 29.9 Å². The van der Waals surface area contributed by atoms with Crippen molar-refractivity contribution in [3.05, 3.63) is 29.5 Å². The van der Waals surface area contributed by atoms with Crippen molar-refractivity contribution in [3.8, 4) is 0 Å². The van der Waals surface area contributed by atoms with E-state index in [1.54, 1.807) is 6.33 Å². The molecule has 7 heteroatoms. The first kappa shape index (κ1) is 12.9. The number of H-pyrrole nitrogens is 2. The van der Waals surface area contributed by atoms with Gasteiger partial charge in [-0.15, -0.1) is 0 Å². The van der Waals surface area contributed by atoms with E-state index >= 15 is 0 Å². The molecule has 0 radical (unpaired) electrons. The van der Waals surface area contributed by atoms with Crippen molar-refractivity contribution in [2.24, 2.45) is 0 Å². The zero-order valence-corrected chi connectivity index (χ0v) is 11.4. The number of carbonyl (C=O) groups excluding carboxylic acids is 1. The van der Waals surface area contributed by atoms with Crippen molar-refractivity contribution in [2.75, 3.05) is 5.32 Å². The van der Waals surface area contributed by atoms with Gasteiger partial charge in [0.1, 0.15) is 0 Å². The second kappa shape index (κ2) is 5.46. The van der Waals surface area contributed by atoms with Gasteiger partial charge in [-0.05, 0) is 6.42 Å². The Bertz CT molecular complexity index is 602. The molecule has 4 N–H and O–H groups in total. The molecular weight excluding hydrogens is 256 g/mol. The van der Waals surface area contributed by atoms with Crippen molar-refractivity contribution in [3.63, 3.8) is 0 Å². The zero-order chi connectivity index (χ0) is 13.9. The Morgan fingerprint density at radius 1 is 1.55 bits per heavy atom. The minimum Gasteiger partial charge on any atom is -0.347 e. The highest BCUT2D eigenvalue weighted by atomic mass is 16.2. The second-order valence-corrected chi connectivity index (χ2v) is 4.98. The van der Waals surface area contributed by atoms with Crippen molar-refractivity contribution in [1.29, 1.82) is 0 Å². The summed E-state index contributed by atoms with van der Waals surface area (Å²) in [5.74, 6) is 0.501. The Hall–Kier alpha value is -2.15. The van der Waals surface area contributed by atoms with E-state index in [0.29, 0.717) is 18.8 Å². The minimum absolute atomic E-state index is 0.0757. The van der Waals surface area contributed by atoms with Crippen molar-refractivity contribution >= 4 is 11.7 Å². The third-order valence-corrected chi connectivity index (χ3v) is 3.45. The number of amides is 1. The molecule has 106 valence electrons. The van der Waals surface area contributed by atoms with Crippen molar-refractivity contribution < 1.29 is 4.79 Å². The lowest BCUT2D eigenvalue weighted by Crippen LogP contribution is -2.44. The lowest BCUT2D eigenvalue weighted by Gasteiger charge is -2.21. The molecule has 0 bridgehead atoms. The summed E-state index contributed by atoms with van der Waals surface area (Å²) in [5.41, 5.74) is 3.05. The van der Waals surface area contributed by atoms with Crippen LogP contribution in [-0.4, -0.2) is 32.1 Å². The van der Waals surface area contributed by atoms with Crippen LogP contribution < -0.4 is 10.6 Å². The van der Waals surface area contributed by atoms with E-state index in [1.807, 2.05) is 6.07 Å². The Morgan fingerprint density at radius 3 is 3.30 bits per heavy atom. The van der Waals surface area contributed by atoms with E-state index in [4.69, 9.17) is 0 Å². The molecule has 1 aliphatic heterocycles. The molecule has 0 spiro atoms. The molecule has 3 heterocycles. The Kier molecular flexibility index (Phi) is 3.51. The number of imidazole rings is 1. The van der Waals surface area contributed by atoms with Gasteiger partial charge in [0.15, 0.2) is 5.82 Å². The molecule has 0 saturated carbocycles. The van der Waals surface area contributed by atoms with Gasteiger partial charge in [0.25, 0.3) is 0 Å². The number of hydrogen-bond acceptors (Lipinski definition) is 4. The molecule has 2 aromatic heterocycles. The summed E-state index contributed by atoms with van der Waals surface area (Å²) in [6.07, 6.45) is 4.23. The molecular formula is C13H18N6O. The van der Waals surface area contributed by atoms with Crippen LogP contribution in [0, 0.1) is 0 Å². The summed E-state index contributed by atoms with van der Waals surface area (Å²) < 4.78 is 0. The molecule has 0 fully saturated rings. The largest absolute Gasteiger partial charge is 0.347 e. The predicted molar refractivity (Wildman–Crippen MR) is 74.1 cm³/mol. The maximum Gasteiger partial charge on any atom is 0.243 e. The van der Waals surface area contributed by atoms with Crippen LogP contribution in [0.2, 0.25) is 0 Å². The highest BCUT2D eigenvalue weighted by Crippen LogP contribution is 2.14. The smallest absolute Gasteiger partial charge is 0.243 e. The molecule has 3 rings (SSSR count). The first-order chi connectivity index (χ1) is 9.76. The minimum atomic E-state index is -0.267. The van der Waals surface area contributed by atoms with Crippen LogP contribution in [0.5, 0.6) is 0 Å². The fourth-order valence-corrected chi connectivity index (χ4v) is 2.39. The van der Waals surface area contributed by atoms with E-state index in [-0.39, 0.29) is 11.9 Å². The van der Waals surface area contributed by atoms with Crippen LogP contribution in [0.4, 0.5) is 5.82 Å².